The molecule has 0 aliphatic rings. The molecule has 22 heavy (non-hydrogen) atoms. The normalized spacial score (nSPS) is 10.4. The summed E-state index contributed by atoms with van der Waals surface area (Å²) in [5, 5.41) is 8.79. The van der Waals surface area contributed by atoms with Gasteiger partial charge in [-0.25, -0.2) is 0 Å². The van der Waals surface area contributed by atoms with Crippen LogP contribution in [0.2, 0.25) is 0 Å². The number of nitrogens with zero attached hydrogens (tertiary/aromatic N) is 2. The van der Waals surface area contributed by atoms with Gasteiger partial charge in [-0.2, -0.15) is 5.26 Å². The first-order valence-electron chi connectivity index (χ1n) is 6.64. The maximum atomic E-state index is 12.6. The van der Waals surface area contributed by atoms with Crippen LogP contribution in [0.25, 0.3) is 6.08 Å². The maximum absolute atomic E-state index is 12.6. The summed E-state index contributed by atoms with van der Waals surface area (Å²) in [4.78, 5) is 28.5. The first kappa shape index (κ1) is 15.3. The Morgan fingerprint density at radius 1 is 1.18 bits per heavy atom. The van der Waals surface area contributed by atoms with Gasteiger partial charge in [-0.15, -0.1) is 0 Å². The zero-order valence-electron chi connectivity index (χ0n) is 12.3. The topological polar surface area (TPSA) is 77.0 Å². The minimum absolute atomic E-state index is 0.209. The summed E-state index contributed by atoms with van der Waals surface area (Å²) in [5.74, 6) is -0.209. The minimum Gasteiger partial charge on any atom is -0.383 e. The Kier molecular flexibility index (Phi) is 4.54. The van der Waals surface area contributed by atoms with Crippen molar-refractivity contribution in [2.75, 3.05) is 14.1 Å². The summed E-state index contributed by atoms with van der Waals surface area (Å²) in [5.41, 5.74) is 1.55. The van der Waals surface area contributed by atoms with Crippen LogP contribution in [-0.2, 0) is 0 Å². The number of hydrogen-bond donors (Lipinski definition) is 1. The van der Waals surface area contributed by atoms with Crippen LogP contribution < -0.4 is 5.56 Å². The second-order valence-electron chi connectivity index (χ2n) is 4.95. The monoisotopic (exact) mass is 293 g/mol. The Labute approximate surface area is 128 Å². The van der Waals surface area contributed by atoms with Gasteiger partial charge in [0.15, 0.2) is 5.78 Å². The van der Waals surface area contributed by atoms with E-state index in [-0.39, 0.29) is 11.3 Å². The fourth-order valence-electron chi connectivity index (χ4n) is 1.90. The van der Waals surface area contributed by atoms with Crippen molar-refractivity contribution in [3.63, 3.8) is 0 Å². The SMILES string of the molecule is CN(C)C=Cc1[nH]c(=O)ccc1C(=O)c1ccc(C#N)cc1. The minimum atomic E-state index is -0.269. The van der Waals surface area contributed by atoms with Gasteiger partial charge in [0, 0.05) is 37.5 Å². The molecule has 110 valence electrons. The quantitative estimate of drug-likeness (QED) is 0.875. The highest BCUT2D eigenvalue weighted by Crippen LogP contribution is 2.14. The van der Waals surface area contributed by atoms with E-state index in [4.69, 9.17) is 5.26 Å². The van der Waals surface area contributed by atoms with Gasteiger partial charge < -0.3 is 9.88 Å². The van der Waals surface area contributed by atoms with Gasteiger partial charge in [-0.1, -0.05) is 0 Å². The molecular weight excluding hydrogens is 278 g/mol. The molecule has 1 aromatic heterocycles. The lowest BCUT2D eigenvalue weighted by Gasteiger charge is -2.07. The van der Waals surface area contributed by atoms with Gasteiger partial charge in [0.1, 0.15) is 0 Å². The molecule has 0 spiro atoms. The number of carbonyl (C=O) groups excluding carboxylic acids is 1. The summed E-state index contributed by atoms with van der Waals surface area (Å²) in [6.07, 6.45) is 3.43. The molecule has 0 aliphatic carbocycles. The highest BCUT2D eigenvalue weighted by molar-refractivity contribution is 6.10. The Balaban J connectivity index is 2.44. The highest BCUT2D eigenvalue weighted by atomic mass is 16.1. The number of aromatic amines is 1. The van der Waals surface area contributed by atoms with Crippen LogP contribution in [0.4, 0.5) is 0 Å². The molecule has 1 N–H and O–H groups in total. The van der Waals surface area contributed by atoms with Crippen molar-refractivity contribution in [2.24, 2.45) is 0 Å². The van der Waals surface area contributed by atoms with Gasteiger partial charge in [0.25, 0.3) is 0 Å². The molecule has 5 nitrogen and oxygen atoms in total. The number of nitrogens with one attached hydrogen (secondary N) is 1. The predicted molar refractivity (Wildman–Crippen MR) is 84.4 cm³/mol. The van der Waals surface area contributed by atoms with Crippen LogP contribution in [0.5, 0.6) is 0 Å². The Morgan fingerprint density at radius 2 is 1.86 bits per heavy atom. The van der Waals surface area contributed by atoms with E-state index >= 15 is 0 Å². The van der Waals surface area contributed by atoms with Crippen LogP contribution in [0.15, 0.2) is 47.4 Å². The van der Waals surface area contributed by atoms with Crippen molar-refractivity contribution < 1.29 is 4.79 Å². The van der Waals surface area contributed by atoms with E-state index in [2.05, 4.69) is 4.98 Å². The second-order valence-corrected chi connectivity index (χ2v) is 4.95. The van der Waals surface area contributed by atoms with Crippen LogP contribution in [0.3, 0.4) is 0 Å². The number of benzene rings is 1. The number of H-pyrrole nitrogens is 1. The number of pyridine rings is 1. The van der Waals surface area contributed by atoms with E-state index in [0.717, 1.165) is 0 Å². The number of ketones is 1. The van der Waals surface area contributed by atoms with Crippen LogP contribution >= 0.6 is 0 Å². The third kappa shape index (κ3) is 3.49. The largest absolute Gasteiger partial charge is 0.383 e. The molecule has 2 aromatic rings. The van der Waals surface area contributed by atoms with Crippen molar-refractivity contribution >= 4 is 11.9 Å². The van der Waals surface area contributed by atoms with Crippen LogP contribution in [0.1, 0.15) is 27.2 Å². The van der Waals surface area contributed by atoms with Crippen molar-refractivity contribution in [2.45, 2.75) is 0 Å². The smallest absolute Gasteiger partial charge is 0.248 e. The molecule has 0 amide bonds. The molecule has 0 radical (unpaired) electrons. The molecular formula is C17H15N3O2. The summed E-state index contributed by atoms with van der Waals surface area (Å²) in [6.45, 7) is 0. The fraction of sp³-hybridized carbons (Fsp3) is 0.118. The average molecular weight is 293 g/mol. The van der Waals surface area contributed by atoms with Gasteiger partial charge in [-0.05, 0) is 36.4 Å². The maximum Gasteiger partial charge on any atom is 0.248 e. The zero-order chi connectivity index (χ0) is 16.1. The molecule has 0 unspecified atom stereocenters. The number of carbonyl (C=O) groups is 1. The van der Waals surface area contributed by atoms with E-state index < -0.39 is 0 Å². The molecule has 0 saturated carbocycles. The van der Waals surface area contributed by atoms with E-state index in [0.29, 0.717) is 22.4 Å². The van der Waals surface area contributed by atoms with Crippen molar-refractivity contribution in [1.29, 1.82) is 5.26 Å². The van der Waals surface area contributed by atoms with Crippen LogP contribution in [-0.4, -0.2) is 29.8 Å². The van der Waals surface area contributed by atoms with Crippen LogP contribution in [0, 0.1) is 11.3 Å². The molecule has 0 atom stereocenters. The van der Waals surface area contributed by atoms with Gasteiger partial charge in [-0.3, -0.25) is 9.59 Å². The lowest BCUT2D eigenvalue weighted by Crippen LogP contribution is -2.12. The molecule has 0 saturated heterocycles. The molecule has 1 heterocycles. The van der Waals surface area contributed by atoms with Crippen molar-refractivity contribution in [3.8, 4) is 6.07 Å². The van der Waals surface area contributed by atoms with E-state index in [1.54, 1.807) is 41.4 Å². The molecule has 1 aromatic carbocycles. The summed E-state index contributed by atoms with van der Waals surface area (Å²) in [7, 11) is 3.69. The summed E-state index contributed by atoms with van der Waals surface area (Å²) >= 11 is 0. The molecule has 0 aliphatic heterocycles. The van der Waals surface area contributed by atoms with E-state index in [1.807, 2.05) is 20.2 Å². The molecule has 5 heteroatoms. The zero-order valence-corrected chi connectivity index (χ0v) is 12.3. The molecule has 2 rings (SSSR count). The number of aromatic nitrogens is 1. The number of nitriles is 1. The average Bonchev–Trinajstić information content (AvgIpc) is 2.52. The first-order valence-corrected chi connectivity index (χ1v) is 6.64. The highest BCUT2D eigenvalue weighted by Gasteiger charge is 2.13. The molecule has 0 bridgehead atoms. The third-order valence-corrected chi connectivity index (χ3v) is 3.01. The summed E-state index contributed by atoms with van der Waals surface area (Å²) < 4.78 is 0. The number of rotatable bonds is 4. The van der Waals surface area contributed by atoms with Gasteiger partial charge in [0.05, 0.1) is 17.3 Å². The van der Waals surface area contributed by atoms with Crippen molar-refractivity contribution in [1.82, 2.24) is 9.88 Å². The Bertz CT molecular complexity index is 809. The Morgan fingerprint density at radius 3 is 2.45 bits per heavy atom. The van der Waals surface area contributed by atoms with E-state index in [1.165, 1.54) is 12.1 Å². The van der Waals surface area contributed by atoms with Crippen molar-refractivity contribution in [3.05, 3.63) is 75.3 Å². The predicted octanol–water partition coefficient (Wildman–Crippen LogP) is 2.01. The number of hydrogen-bond acceptors (Lipinski definition) is 4. The van der Waals surface area contributed by atoms with Gasteiger partial charge in [0.2, 0.25) is 5.56 Å². The lowest BCUT2D eigenvalue weighted by molar-refractivity contribution is 0.103. The van der Waals surface area contributed by atoms with Gasteiger partial charge >= 0.3 is 0 Å². The molecule has 0 fully saturated rings. The first-order chi connectivity index (χ1) is 10.5. The standard InChI is InChI=1S/C17H15N3O2/c1-20(2)10-9-15-14(7-8-16(21)19-15)17(22)13-5-3-12(11-18)4-6-13/h3-10H,1-2H3,(H,19,21). The fourth-order valence-corrected chi connectivity index (χ4v) is 1.90. The van der Waals surface area contributed by atoms with E-state index in [9.17, 15) is 9.59 Å². The third-order valence-electron chi connectivity index (χ3n) is 3.01. The Hall–Kier alpha value is -3.13. The summed E-state index contributed by atoms with van der Waals surface area (Å²) in [6, 6.07) is 11.2. The lowest BCUT2D eigenvalue weighted by atomic mass is 10.0. The second kappa shape index (κ2) is 6.55.